The third kappa shape index (κ3) is 5.20. The van der Waals surface area contributed by atoms with Crippen molar-refractivity contribution in [3.63, 3.8) is 0 Å². The fourth-order valence-electron chi connectivity index (χ4n) is 3.30. The van der Waals surface area contributed by atoms with Crippen LogP contribution in [0.25, 0.3) is 5.57 Å². The number of nitrogens with two attached hydrogens (primary N) is 1. The maximum absolute atomic E-state index is 13.0. The van der Waals surface area contributed by atoms with Gasteiger partial charge in [-0.3, -0.25) is 4.79 Å². The van der Waals surface area contributed by atoms with E-state index in [1.807, 2.05) is 6.08 Å². The number of amides is 1. The van der Waals surface area contributed by atoms with Gasteiger partial charge in [0.25, 0.3) is 5.91 Å². The van der Waals surface area contributed by atoms with E-state index < -0.39 is 9.84 Å². The maximum Gasteiger partial charge on any atom is 0.257 e. The van der Waals surface area contributed by atoms with Crippen LogP contribution in [0.3, 0.4) is 0 Å². The van der Waals surface area contributed by atoms with Gasteiger partial charge in [0.2, 0.25) is 0 Å². The third-order valence-electron chi connectivity index (χ3n) is 4.90. The van der Waals surface area contributed by atoms with Gasteiger partial charge in [0.15, 0.2) is 21.5 Å². The van der Waals surface area contributed by atoms with E-state index in [2.05, 4.69) is 20.4 Å². The molecule has 0 spiro atoms. The summed E-state index contributed by atoms with van der Waals surface area (Å²) in [6.07, 6.45) is 9.92. The fraction of sp³-hybridized carbons (Fsp3) is 0.300. The number of amidine groups is 1. The molecule has 2 aromatic rings. The Morgan fingerprint density at radius 3 is 2.40 bits per heavy atom. The molecular formula is C20H23N5O4S. The number of aromatic nitrogens is 2. The molecule has 4 N–H and O–H groups in total. The van der Waals surface area contributed by atoms with E-state index in [1.54, 1.807) is 12.1 Å². The minimum atomic E-state index is -3.33. The Labute approximate surface area is 174 Å². The lowest BCUT2D eigenvalue weighted by atomic mass is 9.98. The van der Waals surface area contributed by atoms with Crippen molar-refractivity contribution in [1.29, 1.82) is 0 Å². The standard InChI is InChI=1S/C20H23N5O4S/c1-30(28,29)15-8-6-14(7-9-15)16(10-13-4-2-3-5-13)20(26)24-18-12-22-17(11-23-18)19(21)25-27/h6-13,27H,2-5H2,1H3,(H2,21,25)(H,23,24,26)/b16-10+. The van der Waals surface area contributed by atoms with Crippen LogP contribution in [-0.4, -0.2) is 41.6 Å². The molecule has 3 rings (SSSR count). The summed E-state index contributed by atoms with van der Waals surface area (Å²) in [7, 11) is -3.33. The average molecular weight is 430 g/mol. The molecule has 0 unspecified atom stereocenters. The monoisotopic (exact) mass is 429 g/mol. The summed E-state index contributed by atoms with van der Waals surface area (Å²) in [6, 6.07) is 6.24. The largest absolute Gasteiger partial charge is 0.409 e. The molecule has 1 aromatic heterocycles. The van der Waals surface area contributed by atoms with Gasteiger partial charge in [-0.2, -0.15) is 0 Å². The van der Waals surface area contributed by atoms with Crippen molar-refractivity contribution in [1.82, 2.24) is 9.97 Å². The van der Waals surface area contributed by atoms with Crippen LogP contribution < -0.4 is 11.1 Å². The first-order chi connectivity index (χ1) is 14.3. The van der Waals surface area contributed by atoms with Crippen molar-refractivity contribution in [2.45, 2.75) is 30.6 Å². The van der Waals surface area contributed by atoms with E-state index >= 15 is 0 Å². The molecule has 0 saturated heterocycles. The van der Waals surface area contributed by atoms with Crippen LogP contribution >= 0.6 is 0 Å². The van der Waals surface area contributed by atoms with Gasteiger partial charge in [0.1, 0.15) is 5.69 Å². The van der Waals surface area contributed by atoms with Gasteiger partial charge in [0, 0.05) is 11.8 Å². The number of hydrogen-bond donors (Lipinski definition) is 3. The lowest BCUT2D eigenvalue weighted by molar-refractivity contribution is -0.111. The molecule has 158 valence electrons. The highest BCUT2D eigenvalue weighted by Crippen LogP contribution is 2.30. The SMILES string of the molecule is CS(=O)(=O)c1ccc(/C(=C\C2CCCC2)C(=O)Nc2cnc(/C(N)=N\O)cn2)cc1. The number of carbonyl (C=O) groups is 1. The van der Waals surface area contributed by atoms with Crippen LogP contribution in [0.4, 0.5) is 5.82 Å². The van der Waals surface area contributed by atoms with Crippen molar-refractivity contribution in [2.75, 3.05) is 11.6 Å². The van der Waals surface area contributed by atoms with Crippen LogP contribution in [0, 0.1) is 5.92 Å². The molecule has 1 amide bonds. The second kappa shape index (κ2) is 9.04. The minimum Gasteiger partial charge on any atom is -0.409 e. The molecule has 1 aliphatic carbocycles. The molecular weight excluding hydrogens is 406 g/mol. The summed E-state index contributed by atoms with van der Waals surface area (Å²) >= 11 is 0. The molecule has 0 radical (unpaired) electrons. The molecule has 0 aliphatic heterocycles. The first-order valence-corrected chi connectivity index (χ1v) is 11.3. The van der Waals surface area contributed by atoms with E-state index in [9.17, 15) is 13.2 Å². The number of hydrogen-bond acceptors (Lipinski definition) is 7. The second-order valence-electron chi connectivity index (χ2n) is 7.15. The van der Waals surface area contributed by atoms with Gasteiger partial charge in [-0.1, -0.05) is 36.2 Å². The Morgan fingerprint density at radius 1 is 1.20 bits per heavy atom. The molecule has 30 heavy (non-hydrogen) atoms. The van der Waals surface area contributed by atoms with Gasteiger partial charge in [-0.15, -0.1) is 0 Å². The highest BCUT2D eigenvalue weighted by Gasteiger charge is 2.19. The van der Waals surface area contributed by atoms with Crippen LogP contribution in [-0.2, 0) is 14.6 Å². The van der Waals surface area contributed by atoms with E-state index in [0.717, 1.165) is 31.9 Å². The number of rotatable bonds is 6. The highest BCUT2D eigenvalue weighted by atomic mass is 32.2. The lowest BCUT2D eigenvalue weighted by Crippen LogP contribution is -2.18. The third-order valence-corrected chi connectivity index (χ3v) is 6.03. The van der Waals surface area contributed by atoms with E-state index in [4.69, 9.17) is 10.9 Å². The zero-order valence-corrected chi connectivity index (χ0v) is 17.3. The highest BCUT2D eigenvalue weighted by molar-refractivity contribution is 7.90. The molecule has 1 aromatic carbocycles. The number of oxime groups is 1. The Hall–Kier alpha value is -3.27. The second-order valence-corrected chi connectivity index (χ2v) is 9.16. The molecule has 9 nitrogen and oxygen atoms in total. The minimum absolute atomic E-state index is 0.175. The fourth-order valence-corrected chi connectivity index (χ4v) is 3.93. The topological polar surface area (TPSA) is 148 Å². The van der Waals surface area contributed by atoms with E-state index in [-0.39, 0.29) is 34.1 Å². The predicted molar refractivity (Wildman–Crippen MR) is 113 cm³/mol. The number of nitrogens with one attached hydrogen (secondary N) is 1. The van der Waals surface area contributed by atoms with Gasteiger partial charge >= 0.3 is 0 Å². The summed E-state index contributed by atoms with van der Waals surface area (Å²) < 4.78 is 23.4. The van der Waals surface area contributed by atoms with Crippen LogP contribution in [0.2, 0.25) is 0 Å². The summed E-state index contributed by atoms with van der Waals surface area (Å²) in [4.78, 5) is 21.3. The normalized spacial score (nSPS) is 15.9. The van der Waals surface area contributed by atoms with Crippen LogP contribution in [0.15, 0.2) is 52.8 Å². The molecule has 0 atom stereocenters. The molecule has 10 heteroatoms. The van der Waals surface area contributed by atoms with Gasteiger partial charge in [0.05, 0.1) is 17.3 Å². The van der Waals surface area contributed by atoms with Gasteiger partial charge in [-0.25, -0.2) is 18.4 Å². The van der Waals surface area contributed by atoms with Crippen molar-refractivity contribution < 1.29 is 18.4 Å². The Kier molecular flexibility index (Phi) is 6.46. The van der Waals surface area contributed by atoms with Gasteiger partial charge in [-0.05, 0) is 36.5 Å². The molecule has 1 fully saturated rings. The van der Waals surface area contributed by atoms with E-state index in [0.29, 0.717) is 11.1 Å². The average Bonchev–Trinajstić information content (AvgIpc) is 3.25. The summed E-state index contributed by atoms with van der Waals surface area (Å²) in [6.45, 7) is 0. The van der Waals surface area contributed by atoms with Crippen molar-refractivity contribution >= 4 is 33.0 Å². The number of benzene rings is 1. The summed E-state index contributed by atoms with van der Waals surface area (Å²) in [5.41, 5.74) is 6.70. The number of nitrogens with zero attached hydrogens (tertiary/aromatic N) is 3. The molecule has 1 heterocycles. The van der Waals surface area contributed by atoms with Crippen LogP contribution in [0.5, 0.6) is 0 Å². The smallest absolute Gasteiger partial charge is 0.257 e. The van der Waals surface area contributed by atoms with E-state index in [1.165, 1.54) is 24.5 Å². The first kappa shape index (κ1) is 21.4. The Bertz CT molecular complexity index is 1070. The Balaban J connectivity index is 1.87. The molecule has 1 saturated carbocycles. The number of allylic oxidation sites excluding steroid dienone is 1. The summed E-state index contributed by atoms with van der Waals surface area (Å²) in [5.74, 6) is -0.0676. The predicted octanol–water partition coefficient (Wildman–Crippen LogP) is 2.19. The van der Waals surface area contributed by atoms with Crippen molar-refractivity contribution in [3.05, 3.63) is 54.0 Å². The Morgan fingerprint density at radius 2 is 1.87 bits per heavy atom. The molecule has 1 aliphatic rings. The zero-order chi connectivity index (χ0) is 21.7. The molecule has 0 bridgehead atoms. The quantitative estimate of drug-likeness (QED) is 0.210. The van der Waals surface area contributed by atoms with Crippen LogP contribution in [0.1, 0.15) is 36.9 Å². The van der Waals surface area contributed by atoms with Crippen molar-refractivity contribution in [3.8, 4) is 0 Å². The summed E-state index contributed by atoms with van der Waals surface area (Å²) in [5, 5.41) is 14.2. The maximum atomic E-state index is 13.0. The number of carbonyl (C=O) groups excluding carboxylic acids is 1. The number of anilines is 1. The first-order valence-electron chi connectivity index (χ1n) is 9.41. The van der Waals surface area contributed by atoms with Crippen molar-refractivity contribution in [2.24, 2.45) is 16.8 Å². The number of sulfone groups is 1. The zero-order valence-electron chi connectivity index (χ0n) is 16.4. The lowest BCUT2D eigenvalue weighted by Gasteiger charge is -2.12. The van der Waals surface area contributed by atoms with Gasteiger partial charge < -0.3 is 16.3 Å².